The molecule has 1 aliphatic rings. The third-order valence-electron chi connectivity index (χ3n) is 5.32. The molecular weight excluding hydrogens is 246 g/mol. The van der Waals surface area contributed by atoms with E-state index in [1.807, 2.05) is 19.1 Å². The zero-order chi connectivity index (χ0) is 14.8. The van der Waals surface area contributed by atoms with Crippen LogP contribution in [0.4, 0.5) is 5.69 Å². The van der Waals surface area contributed by atoms with Crippen LogP contribution in [0.5, 0.6) is 5.75 Å². The monoisotopic (exact) mass is 275 g/mol. The van der Waals surface area contributed by atoms with Crippen LogP contribution in [0.15, 0.2) is 18.2 Å². The highest BCUT2D eigenvalue weighted by Gasteiger charge is 2.31. The molecule has 2 N–H and O–H groups in total. The maximum absolute atomic E-state index is 9.77. The van der Waals surface area contributed by atoms with Crippen molar-refractivity contribution < 1.29 is 5.11 Å². The Morgan fingerprint density at radius 1 is 1.20 bits per heavy atom. The maximum Gasteiger partial charge on any atom is 0.120 e. The van der Waals surface area contributed by atoms with Gasteiger partial charge in [0, 0.05) is 17.8 Å². The van der Waals surface area contributed by atoms with Gasteiger partial charge in [0.25, 0.3) is 0 Å². The number of aryl methyl sites for hydroxylation is 1. The summed E-state index contributed by atoms with van der Waals surface area (Å²) in [6.07, 6.45) is 6.37. The second kappa shape index (κ2) is 6.07. The van der Waals surface area contributed by atoms with Crippen molar-refractivity contribution in [3.8, 4) is 5.75 Å². The summed E-state index contributed by atoms with van der Waals surface area (Å²) in [4.78, 5) is 0. The van der Waals surface area contributed by atoms with Gasteiger partial charge in [-0.15, -0.1) is 0 Å². The molecule has 0 spiro atoms. The molecule has 1 fully saturated rings. The summed E-state index contributed by atoms with van der Waals surface area (Å²) in [7, 11) is 0. The molecule has 2 nitrogen and oxygen atoms in total. The Morgan fingerprint density at radius 3 is 2.40 bits per heavy atom. The van der Waals surface area contributed by atoms with Crippen molar-refractivity contribution in [2.24, 2.45) is 11.3 Å². The van der Waals surface area contributed by atoms with Crippen molar-refractivity contribution in [1.82, 2.24) is 0 Å². The Bertz CT molecular complexity index is 445. The molecule has 0 saturated heterocycles. The van der Waals surface area contributed by atoms with E-state index < -0.39 is 0 Å². The topological polar surface area (TPSA) is 32.3 Å². The minimum atomic E-state index is 0.385. The number of hydrogen-bond donors (Lipinski definition) is 2. The molecule has 0 aromatic heterocycles. The van der Waals surface area contributed by atoms with Crippen molar-refractivity contribution in [2.45, 2.75) is 65.8 Å². The van der Waals surface area contributed by atoms with E-state index in [-0.39, 0.29) is 0 Å². The van der Waals surface area contributed by atoms with Crippen LogP contribution in [0.25, 0.3) is 0 Å². The SMILES string of the molecule is CCC(C)(C)C1CCC(Nc2ccc(C)c(O)c2)CC1. The van der Waals surface area contributed by atoms with E-state index in [1.165, 1.54) is 32.1 Å². The number of nitrogens with one attached hydrogen (secondary N) is 1. The second-order valence-corrected chi connectivity index (χ2v) is 7.04. The van der Waals surface area contributed by atoms with Crippen molar-refractivity contribution in [2.75, 3.05) is 5.32 Å². The number of phenols is 1. The predicted octanol–water partition coefficient (Wildman–Crippen LogP) is 5.11. The molecule has 0 unspecified atom stereocenters. The molecule has 0 heterocycles. The summed E-state index contributed by atoms with van der Waals surface area (Å²) in [5, 5.41) is 13.3. The minimum absolute atomic E-state index is 0.385. The van der Waals surface area contributed by atoms with E-state index in [1.54, 1.807) is 0 Å². The Balaban J connectivity index is 1.90. The van der Waals surface area contributed by atoms with Gasteiger partial charge >= 0.3 is 0 Å². The lowest BCUT2D eigenvalue weighted by molar-refractivity contribution is 0.147. The first kappa shape index (κ1) is 15.2. The molecule has 1 aromatic carbocycles. The van der Waals surface area contributed by atoms with Crippen molar-refractivity contribution >= 4 is 5.69 Å². The Labute approximate surface area is 123 Å². The summed E-state index contributed by atoms with van der Waals surface area (Å²) in [5.74, 6) is 1.24. The number of hydrogen-bond acceptors (Lipinski definition) is 2. The summed E-state index contributed by atoms with van der Waals surface area (Å²) < 4.78 is 0. The Hall–Kier alpha value is -1.18. The van der Waals surface area contributed by atoms with E-state index in [9.17, 15) is 5.11 Å². The molecule has 112 valence electrons. The van der Waals surface area contributed by atoms with Gasteiger partial charge in [0.1, 0.15) is 5.75 Å². The molecule has 2 heteroatoms. The van der Waals surface area contributed by atoms with Gasteiger partial charge in [0.15, 0.2) is 0 Å². The molecule has 20 heavy (non-hydrogen) atoms. The molecule has 1 aromatic rings. The number of rotatable bonds is 4. The van der Waals surface area contributed by atoms with Crippen LogP contribution in [0.3, 0.4) is 0 Å². The number of aromatic hydroxyl groups is 1. The van der Waals surface area contributed by atoms with Crippen molar-refractivity contribution in [3.63, 3.8) is 0 Å². The Kier molecular flexibility index (Phi) is 4.62. The molecule has 0 atom stereocenters. The fourth-order valence-electron chi connectivity index (χ4n) is 3.24. The summed E-state index contributed by atoms with van der Waals surface area (Å²) in [6.45, 7) is 9.05. The molecule has 1 aliphatic carbocycles. The normalized spacial score (nSPS) is 23.6. The first-order chi connectivity index (χ1) is 9.42. The van der Waals surface area contributed by atoms with E-state index >= 15 is 0 Å². The number of anilines is 1. The quantitative estimate of drug-likeness (QED) is 0.800. The van der Waals surface area contributed by atoms with Crippen LogP contribution in [0.1, 0.15) is 58.4 Å². The highest BCUT2D eigenvalue weighted by Crippen LogP contribution is 2.41. The molecule has 0 radical (unpaired) electrons. The first-order valence-electron chi connectivity index (χ1n) is 7.98. The molecule has 0 aliphatic heterocycles. The van der Waals surface area contributed by atoms with Crippen molar-refractivity contribution in [3.05, 3.63) is 23.8 Å². The fourth-order valence-corrected chi connectivity index (χ4v) is 3.24. The molecule has 0 bridgehead atoms. The summed E-state index contributed by atoms with van der Waals surface area (Å²) in [6, 6.07) is 6.44. The van der Waals surface area contributed by atoms with Crippen LogP contribution in [-0.2, 0) is 0 Å². The van der Waals surface area contributed by atoms with Crippen LogP contribution in [-0.4, -0.2) is 11.1 Å². The first-order valence-corrected chi connectivity index (χ1v) is 7.98. The van der Waals surface area contributed by atoms with Gasteiger partial charge in [-0.3, -0.25) is 0 Å². The Morgan fingerprint density at radius 2 is 1.85 bits per heavy atom. The van der Waals surface area contributed by atoms with E-state index in [0.29, 0.717) is 17.2 Å². The van der Waals surface area contributed by atoms with E-state index in [2.05, 4.69) is 32.2 Å². The average Bonchev–Trinajstić information content (AvgIpc) is 2.43. The molecule has 2 rings (SSSR count). The zero-order valence-electron chi connectivity index (χ0n) is 13.4. The van der Waals surface area contributed by atoms with Gasteiger partial charge in [0.05, 0.1) is 0 Å². The third-order valence-corrected chi connectivity index (χ3v) is 5.32. The minimum Gasteiger partial charge on any atom is -0.508 e. The molecule has 1 saturated carbocycles. The van der Waals surface area contributed by atoms with Gasteiger partial charge in [-0.2, -0.15) is 0 Å². The largest absolute Gasteiger partial charge is 0.508 e. The van der Waals surface area contributed by atoms with Gasteiger partial charge in [-0.05, 0) is 55.6 Å². The van der Waals surface area contributed by atoms with Gasteiger partial charge < -0.3 is 10.4 Å². The zero-order valence-corrected chi connectivity index (χ0v) is 13.4. The fraction of sp³-hybridized carbons (Fsp3) is 0.667. The van der Waals surface area contributed by atoms with Crippen LogP contribution in [0, 0.1) is 18.3 Å². The average molecular weight is 275 g/mol. The standard InChI is InChI=1S/C18H29NO/c1-5-18(3,4)14-7-10-15(11-8-14)19-16-9-6-13(2)17(20)12-16/h6,9,12,14-15,19-20H,5,7-8,10-11H2,1-4H3. The van der Waals surface area contributed by atoms with E-state index in [0.717, 1.165) is 17.2 Å². The van der Waals surface area contributed by atoms with Crippen LogP contribution >= 0.6 is 0 Å². The van der Waals surface area contributed by atoms with Crippen LogP contribution in [0.2, 0.25) is 0 Å². The highest BCUT2D eigenvalue weighted by atomic mass is 16.3. The highest BCUT2D eigenvalue weighted by molar-refractivity contribution is 5.51. The maximum atomic E-state index is 9.77. The number of benzene rings is 1. The lowest BCUT2D eigenvalue weighted by atomic mass is 9.69. The van der Waals surface area contributed by atoms with Gasteiger partial charge in [0.2, 0.25) is 0 Å². The summed E-state index contributed by atoms with van der Waals surface area (Å²) in [5.41, 5.74) is 2.46. The lowest BCUT2D eigenvalue weighted by Gasteiger charge is -2.39. The van der Waals surface area contributed by atoms with Gasteiger partial charge in [-0.1, -0.05) is 33.3 Å². The van der Waals surface area contributed by atoms with Crippen molar-refractivity contribution in [1.29, 1.82) is 0 Å². The smallest absolute Gasteiger partial charge is 0.120 e. The third kappa shape index (κ3) is 3.47. The van der Waals surface area contributed by atoms with E-state index in [4.69, 9.17) is 0 Å². The predicted molar refractivity (Wildman–Crippen MR) is 86.3 cm³/mol. The molecular formula is C18H29NO. The molecule has 0 amide bonds. The second-order valence-electron chi connectivity index (χ2n) is 7.04. The van der Waals surface area contributed by atoms with Gasteiger partial charge in [-0.25, -0.2) is 0 Å². The lowest BCUT2D eigenvalue weighted by Crippen LogP contribution is -2.32. The number of phenolic OH excluding ortho intramolecular Hbond substituents is 1. The van der Waals surface area contributed by atoms with Crippen LogP contribution < -0.4 is 5.32 Å². The summed E-state index contributed by atoms with van der Waals surface area (Å²) >= 11 is 0.